The normalized spacial score (nSPS) is 11.7. The molecule has 0 spiro atoms. The summed E-state index contributed by atoms with van der Waals surface area (Å²) in [6.07, 6.45) is 1.48. The van der Waals surface area contributed by atoms with Gasteiger partial charge in [-0.3, -0.25) is 0 Å². The number of H-pyrrole nitrogens is 1. The Morgan fingerprint density at radius 2 is 1.90 bits per heavy atom. The predicted octanol–water partition coefficient (Wildman–Crippen LogP) is 1.40. The molecule has 4 N–H and O–H groups in total. The molecular weight excluding hydrogens is 316 g/mol. The standard InChI is InChI=1S/C11H9ClN6O2S/c12-11-17-9-8(14-5-15-9)10(18-11)16-6-1-3-7(4-2-6)21(13,19)20/h1-5H,(H2,13,19,20)(H2,14,15,16,17,18). The molecular formula is C11H9ClN6O2S. The lowest BCUT2D eigenvalue weighted by Crippen LogP contribution is -2.11. The van der Waals surface area contributed by atoms with Gasteiger partial charge in [-0.15, -0.1) is 0 Å². The lowest BCUT2D eigenvalue weighted by molar-refractivity contribution is 0.598. The van der Waals surface area contributed by atoms with Crippen molar-refractivity contribution in [1.82, 2.24) is 19.9 Å². The molecule has 0 saturated carbocycles. The third-order valence-corrected chi connectivity index (χ3v) is 3.80. The molecule has 0 bridgehead atoms. The fraction of sp³-hybridized carbons (Fsp3) is 0. The average Bonchev–Trinajstić information content (AvgIpc) is 2.86. The number of fused-ring (bicyclic) bond motifs is 1. The highest BCUT2D eigenvalue weighted by atomic mass is 35.5. The molecule has 2 aromatic heterocycles. The minimum Gasteiger partial charge on any atom is -0.340 e. The number of hydrogen-bond donors (Lipinski definition) is 3. The van der Waals surface area contributed by atoms with E-state index in [0.717, 1.165) is 0 Å². The zero-order chi connectivity index (χ0) is 15.0. The third-order valence-electron chi connectivity index (χ3n) is 2.70. The highest BCUT2D eigenvalue weighted by Crippen LogP contribution is 2.23. The van der Waals surface area contributed by atoms with Crippen molar-refractivity contribution in [2.24, 2.45) is 5.14 Å². The van der Waals surface area contributed by atoms with Crippen molar-refractivity contribution >= 4 is 44.3 Å². The Hall–Kier alpha value is -2.23. The monoisotopic (exact) mass is 324 g/mol. The maximum Gasteiger partial charge on any atom is 0.238 e. The van der Waals surface area contributed by atoms with E-state index in [-0.39, 0.29) is 10.2 Å². The van der Waals surface area contributed by atoms with E-state index < -0.39 is 10.0 Å². The quantitative estimate of drug-likeness (QED) is 0.625. The number of anilines is 2. The number of sulfonamides is 1. The van der Waals surface area contributed by atoms with Gasteiger partial charge in [-0.25, -0.2) is 18.5 Å². The van der Waals surface area contributed by atoms with Crippen molar-refractivity contribution in [1.29, 1.82) is 0 Å². The van der Waals surface area contributed by atoms with Crippen LogP contribution >= 0.6 is 11.6 Å². The molecule has 3 rings (SSSR count). The summed E-state index contributed by atoms with van der Waals surface area (Å²) in [6.45, 7) is 0. The van der Waals surface area contributed by atoms with Gasteiger partial charge in [0, 0.05) is 5.69 Å². The van der Waals surface area contributed by atoms with Gasteiger partial charge in [0.2, 0.25) is 15.3 Å². The molecule has 3 aromatic rings. The predicted molar refractivity (Wildman–Crippen MR) is 77.8 cm³/mol. The van der Waals surface area contributed by atoms with Crippen molar-refractivity contribution in [3.63, 3.8) is 0 Å². The molecule has 0 fully saturated rings. The first-order valence-corrected chi connectivity index (χ1v) is 7.62. The fourth-order valence-electron chi connectivity index (χ4n) is 1.76. The van der Waals surface area contributed by atoms with Crippen LogP contribution in [0.1, 0.15) is 0 Å². The fourth-order valence-corrected chi connectivity index (χ4v) is 2.44. The van der Waals surface area contributed by atoms with E-state index in [1.54, 1.807) is 12.1 Å². The summed E-state index contributed by atoms with van der Waals surface area (Å²) < 4.78 is 22.4. The van der Waals surface area contributed by atoms with Gasteiger partial charge in [0.05, 0.1) is 11.2 Å². The molecule has 0 radical (unpaired) electrons. The minimum atomic E-state index is -3.72. The van der Waals surface area contributed by atoms with Gasteiger partial charge in [-0.05, 0) is 35.9 Å². The molecule has 1 aromatic carbocycles. The average molecular weight is 325 g/mol. The highest BCUT2D eigenvalue weighted by Gasteiger charge is 2.10. The lowest BCUT2D eigenvalue weighted by atomic mass is 10.3. The van der Waals surface area contributed by atoms with E-state index in [1.165, 1.54) is 18.5 Å². The van der Waals surface area contributed by atoms with Crippen molar-refractivity contribution in [3.05, 3.63) is 35.9 Å². The molecule has 2 heterocycles. The first kappa shape index (κ1) is 13.7. The summed E-state index contributed by atoms with van der Waals surface area (Å²) in [7, 11) is -3.72. The Balaban J connectivity index is 1.97. The zero-order valence-electron chi connectivity index (χ0n) is 10.4. The minimum absolute atomic E-state index is 0.0282. The number of benzene rings is 1. The van der Waals surface area contributed by atoms with Crippen LogP contribution in [0.15, 0.2) is 35.5 Å². The number of halogens is 1. The number of imidazole rings is 1. The first-order chi connectivity index (χ1) is 9.93. The second-order valence-electron chi connectivity index (χ2n) is 4.14. The topological polar surface area (TPSA) is 127 Å². The van der Waals surface area contributed by atoms with E-state index >= 15 is 0 Å². The number of nitrogens with one attached hydrogen (secondary N) is 2. The molecule has 0 aliphatic rings. The van der Waals surface area contributed by atoms with Gasteiger partial charge in [-0.2, -0.15) is 9.97 Å². The van der Waals surface area contributed by atoms with E-state index in [1.807, 2.05) is 0 Å². The molecule has 0 unspecified atom stereocenters. The summed E-state index contributed by atoms with van der Waals surface area (Å²) in [5, 5.41) is 8.10. The summed E-state index contributed by atoms with van der Waals surface area (Å²) in [5.41, 5.74) is 1.64. The number of nitrogens with two attached hydrogens (primary N) is 1. The van der Waals surface area contributed by atoms with Crippen molar-refractivity contribution in [3.8, 4) is 0 Å². The third kappa shape index (κ3) is 2.79. The van der Waals surface area contributed by atoms with Crippen LogP contribution in [-0.4, -0.2) is 28.4 Å². The van der Waals surface area contributed by atoms with Crippen LogP contribution in [0.4, 0.5) is 11.5 Å². The lowest BCUT2D eigenvalue weighted by Gasteiger charge is -2.07. The number of rotatable bonds is 3. The van der Waals surface area contributed by atoms with E-state index in [9.17, 15) is 8.42 Å². The second-order valence-corrected chi connectivity index (χ2v) is 6.04. The molecule has 0 atom stereocenters. The molecule has 21 heavy (non-hydrogen) atoms. The Morgan fingerprint density at radius 1 is 1.19 bits per heavy atom. The van der Waals surface area contributed by atoms with Gasteiger partial charge in [0.25, 0.3) is 0 Å². The van der Waals surface area contributed by atoms with E-state index in [0.29, 0.717) is 22.7 Å². The summed E-state index contributed by atoms with van der Waals surface area (Å²) in [5.74, 6) is 0.436. The molecule has 8 nitrogen and oxygen atoms in total. The first-order valence-electron chi connectivity index (χ1n) is 5.70. The van der Waals surface area contributed by atoms with Crippen LogP contribution in [0.3, 0.4) is 0 Å². The van der Waals surface area contributed by atoms with Crippen LogP contribution in [0, 0.1) is 0 Å². The maximum atomic E-state index is 11.2. The molecule has 0 saturated heterocycles. The summed E-state index contributed by atoms with van der Waals surface area (Å²) in [6, 6.07) is 5.92. The Bertz CT molecular complexity index is 906. The number of nitrogens with zero attached hydrogens (tertiary/aromatic N) is 3. The van der Waals surface area contributed by atoms with Crippen molar-refractivity contribution in [2.45, 2.75) is 4.90 Å². The Kier molecular flexibility index (Phi) is 3.24. The number of aromatic nitrogens is 4. The SMILES string of the molecule is NS(=O)(=O)c1ccc(Nc2nc(Cl)nc3nc[nH]c23)cc1. The van der Waals surface area contributed by atoms with Gasteiger partial charge in [-0.1, -0.05) is 0 Å². The second kappa shape index (κ2) is 4.95. The van der Waals surface area contributed by atoms with Crippen molar-refractivity contribution in [2.75, 3.05) is 5.32 Å². The molecule has 108 valence electrons. The Morgan fingerprint density at radius 3 is 2.57 bits per heavy atom. The van der Waals surface area contributed by atoms with Crippen LogP contribution in [0.5, 0.6) is 0 Å². The highest BCUT2D eigenvalue weighted by molar-refractivity contribution is 7.89. The largest absolute Gasteiger partial charge is 0.340 e. The van der Waals surface area contributed by atoms with Crippen LogP contribution < -0.4 is 10.5 Å². The van der Waals surface area contributed by atoms with Crippen LogP contribution in [-0.2, 0) is 10.0 Å². The van der Waals surface area contributed by atoms with Gasteiger partial charge >= 0.3 is 0 Å². The van der Waals surface area contributed by atoms with Crippen LogP contribution in [0.25, 0.3) is 11.2 Å². The number of primary sulfonamides is 1. The zero-order valence-corrected chi connectivity index (χ0v) is 12.0. The van der Waals surface area contributed by atoms with Gasteiger partial charge < -0.3 is 10.3 Å². The smallest absolute Gasteiger partial charge is 0.238 e. The Labute approximate surface area is 124 Å². The number of aromatic amines is 1. The summed E-state index contributed by atoms with van der Waals surface area (Å²) >= 11 is 5.82. The number of hydrogen-bond acceptors (Lipinski definition) is 6. The maximum absolute atomic E-state index is 11.2. The van der Waals surface area contributed by atoms with Crippen LogP contribution in [0.2, 0.25) is 5.28 Å². The van der Waals surface area contributed by atoms with E-state index in [4.69, 9.17) is 16.7 Å². The molecule has 0 aliphatic carbocycles. The van der Waals surface area contributed by atoms with Crippen molar-refractivity contribution < 1.29 is 8.42 Å². The van der Waals surface area contributed by atoms with Gasteiger partial charge in [0.1, 0.15) is 5.52 Å². The van der Waals surface area contributed by atoms with Gasteiger partial charge in [0.15, 0.2) is 11.5 Å². The van der Waals surface area contributed by atoms with E-state index in [2.05, 4.69) is 25.3 Å². The summed E-state index contributed by atoms with van der Waals surface area (Å²) in [4.78, 5) is 15.0. The molecule has 10 heteroatoms. The molecule has 0 amide bonds. The molecule has 0 aliphatic heterocycles.